The molecule has 0 spiro atoms. The van der Waals surface area contributed by atoms with E-state index in [1.807, 2.05) is 44.7 Å². The van der Waals surface area contributed by atoms with Crippen molar-refractivity contribution >= 4 is 12.1 Å². The van der Waals surface area contributed by atoms with Crippen molar-refractivity contribution in [2.75, 3.05) is 32.8 Å². The SMILES string of the molecule is CCOCc1ccc(CN=C(N)N2CCN(C(=O)OC(C)(C)C)CC2)cc1. The van der Waals surface area contributed by atoms with E-state index in [-0.39, 0.29) is 6.09 Å². The van der Waals surface area contributed by atoms with Crippen LogP contribution < -0.4 is 5.73 Å². The van der Waals surface area contributed by atoms with Crippen LogP contribution in [0.3, 0.4) is 0 Å². The first kappa shape index (κ1) is 21.0. The molecular weight excluding hydrogens is 344 g/mol. The number of amides is 1. The van der Waals surface area contributed by atoms with Gasteiger partial charge in [0, 0.05) is 32.8 Å². The molecule has 1 heterocycles. The number of guanidine groups is 1. The summed E-state index contributed by atoms with van der Waals surface area (Å²) in [6, 6.07) is 8.20. The van der Waals surface area contributed by atoms with Crippen LogP contribution >= 0.6 is 0 Å². The van der Waals surface area contributed by atoms with Gasteiger partial charge in [0.2, 0.25) is 0 Å². The van der Waals surface area contributed by atoms with Crippen LogP contribution in [-0.2, 0) is 22.6 Å². The van der Waals surface area contributed by atoms with Gasteiger partial charge in [0.25, 0.3) is 0 Å². The van der Waals surface area contributed by atoms with Gasteiger partial charge in [-0.1, -0.05) is 24.3 Å². The first-order valence-electron chi connectivity index (χ1n) is 9.47. The second-order valence-electron chi connectivity index (χ2n) is 7.58. The lowest BCUT2D eigenvalue weighted by Gasteiger charge is -2.36. The smallest absolute Gasteiger partial charge is 0.410 e. The monoisotopic (exact) mass is 376 g/mol. The minimum absolute atomic E-state index is 0.273. The van der Waals surface area contributed by atoms with Gasteiger partial charge in [-0.2, -0.15) is 0 Å². The summed E-state index contributed by atoms with van der Waals surface area (Å²) in [5.74, 6) is 0.511. The van der Waals surface area contributed by atoms with E-state index in [4.69, 9.17) is 15.2 Å². The van der Waals surface area contributed by atoms with Gasteiger partial charge in [-0.25, -0.2) is 9.79 Å². The average Bonchev–Trinajstić information content (AvgIpc) is 2.64. The number of aliphatic imine (C=N–C) groups is 1. The number of carbonyl (C=O) groups excluding carboxylic acids is 1. The molecular formula is C20H32N4O3. The van der Waals surface area contributed by atoms with Gasteiger partial charge in [0.15, 0.2) is 5.96 Å². The van der Waals surface area contributed by atoms with Crippen LogP contribution in [0.5, 0.6) is 0 Å². The van der Waals surface area contributed by atoms with Crippen molar-refractivity contribution < 1.29 is 14.3 Å². The maximum Gasteiger partial charge on any atom is 0.410 e. The molecule has 1 aromatic carbocycles. The van der Waals surface area contributed by atoms with E-state index < -0.39 is 5.60 Å². The van der Waals surface area contributed by atoms with Crippen molar-refractivity contribution in [2.45, 2.75) is 46.4 Å². The summed E-state index contributed by atoms with van der Waals surface area (Å²) >= 11 is 0. The van der Waals surface area contributed by atoms with Gasteiger partial charge in [-0.05, 0) is 38.8 Å². The van der Waals surface area contributed by atoms with Gasteiger partial charge < -0.3 is 25.0 Å². The third kappa shape index (κ3) is 7.09. The molecule has 0 unspecified atom stereocenters. The van der Waals surface area contributed by atoms with Crippen LogP contribution in [0, 0.1) is 0 Å². The zero-order valence-electron chi connectivity index (χ0n) is 16.9. The molecule has 2 rings (SSSR count). The Morgan fingerprint density at radius 2 is 1.63 bits per heavy atom. The summed E-state index contributed by atoms with van der Waals surface area (Å²) in [7, 11) is 0. The molecule has 1 aromatic rings. The Bertz CT molecular complexity index is 630. The summed E-state index contributed by atoms with van der Waals surface area (Å²) in [5, 5.41) is 0. The average molecular weight is 377 g/mol. The molecule has 1 saturated heterocycles. The van der Waals surface area contributed by atoms with Crippen molar-refractivity contribution in [2.24, 2.45) is 10.7 Å². The van der Waals surface area contributed by atoms with E-state index in [0.717, 1.165) is 11.1 Å². The van der Waals surface area contributed by atoms with Crippen LogP contribution in [-0.4, -0.2) is 60.2 Å². The Hall–Kier alpha value is -2.28. The number of hydrogen-bond donors (Lipinski definition) is 1. The van der Waals surface area contributed by atoms with Gasteiger partial charge >= 0.3 is 6.09 Å². The van der Waals surface area contributed by atoms with Crippen LogP contribution in [0.4, 0.5) is 4.79 Å². The molecule has 0 radical (unpaired) electrons. The summed E-state index contributed by atoms with van der Waals surface area (Å²) in [5.41, 5.74) is 7.91. The van der Waals surface area contributed by atoms with Crippen molar-refractivity contribution in [3.8, 4) is 0 Å². The molecule has 1 aliphatic rings. The highest BCUT2D eigenvalue weighted by Crippen LogP contribution is 2.12. The van der Waals surface area contributed by atoms with Gasteiger partial charge in [-0.3, -0.25) is 0 Å². The maximum absolute atomic E-state index is 12.1. The molecule has 2 N–H and O–H groups in total. The van der Waals surface area contributed by atoms with E-state index >= 15 is 0 Å². The summed E-state index contributed by atoms with van der Waals surface area (Å²) in [6.07, 6.45) is -0.273. The Morgan fingerprint density at radius 1 is 1.07 bits per heavy atom. The van der Waals surface area contributed by atoms with E-state index in [1.54, 1.807) is 4.90 Å². The predicted octanol–water partition coefficient (Wildman–Crippen LogP) is 2.59. The van der Waals surface area contributed by atoms with E-state index in [2.05, 4.69) is 17.1 Å². The largest absolute Gasteiger partial charge is 0.444 e. The van der Waals surface area contributed by atoms with Crippen LogP contribution in [0.2, 0.25) is 0 Å². The summed E-state index contributed by atoms with van der Waals surface area (Å²) in [4.78, 5) is 20.3. The zero-order chi connectivity index (χ0) is 19.9. The van der Waals surface area contributed by atoms with E-state index in [0.29, 0.717) is 51.9 Å². The predicted molar refractivity (Wildman–Crippen MR) is 106 cm³/mol. The molecule has 27 heavy (non-hydrogen) atoms. The molecule has 7 nitrogen and oxygen atoms in total. The van der Waals surface area contributed by atoms with Gasteiger partial charge in [0.1, 0.15) is 5.60 Å². The number of rotatable bonds is 5. The molecule has 0 bridgehead atoms. The number of carbonyl (C=O) groups is 1. The fraction of sp³-hybridized carbons (Fsp3) is 0.600. The molecule has 0 aliphatic carbocycles. The number of nitrogens with zero attached hydrogens (tertiary/aromatic N) is 3. The zero-order valence-corrected chi connectivity index (χ0v) is 16.9. The lowest BCUT2D eigenvalue weighted by Crippen LogP contribution is -2.53. The Morgan fingerprint density at radius 3 is 2.19 bits per heavy atom. The standard InChI is InChI=1S/C20H32N4O3/c1-5-26-15-17-8-6-16(7-9-17)14-22-18(21)23-10-12-24(13-11-23)19(25)27-20(2,3)4/h6-9H,5,10-15H2,1-4H3,(H2,21,22). The molecule has 0 aromatic heterocycles. The van der Waals surface area contributed by atoms with Gasteiger partial charge in [0.05, 0.1) is 13.2 Å². The molecule has 1 aliphatic heterocycles. The van der Waals surface area contributed by atoms with Crippen LogP contribution in [0.15, 0.2) is 29.3 Å². The fourth-order valence-electron chi connectivity index (χ4n) is 2.68. The topological polar surface area (TPSA) is 80.4 Å². The molecule has 0 atom stereocenters. The second kappa shape index (κ2) is 9.60. The molecule has 7 heteroatoms. The lowest BCUT2D eigenvalue weighted by atomic mass is 10.1. The van der Waals surface area contributed by atoms with E-state index in [1.165, 1.54) is 0 Å². The quantitative estimate of drug-likeness (QED) is 0.631. The first-order valence-corrected chi connectivity index (χ1v) is 9.47. The van der Waals surface area contributed by atoms with Crippen molar-refractivity contribution in [3.63, 3.8) is 0 Å². The number of benzene rings is 1. The molecule has 150 valence electrons. The lowest BCUT2D eigenvalue weighted by molar-refractivity contribution is 0.0186. The minimum Gasteiger partial charge on any atom is -0.444 e. The second-order valence-corrected chi connectivity index (χ2v) is 7.58. The molecule has 0 saturated carbocycles. The highest BCUT2D eigenvalue weighted by Gasteiger charge is 2.26. The van der Waals surface area contributed by atoms with Crippen LogP contribution in [0.1, 0.15) is 38.8 Å². The number of piperazine rings is 1. The first-order chi connectivity index (χ1) is 12.8. The third-order valence-electron chi connectivity index (χ3n) is 4.17. The fourth-order valence-corrected chi connectivity index (χ4v) is 2.68. The van der Waals surface area contributed by atoms with Crippen molar-refractivity contribution in [1.82, 2.24) is 9.80 Å². The number of ether oxygens (including phenoxy) is 2. The highest BCUT2D eigenvalue weighted by molar-refractivity contribution is 5.78. The van der Waals surface area contributed by atoms with Crippen molar-refractivity contribution in [3.05, 3.63) is 35.4 Å². The minimum atomic E-state index is -0.479. The summed E-state index contributed by atoms with van der Waals surface area (Å²) in [6.45, 7) is 11.9. The highest BCUT2D eigenvalue weighted by atomic mass is 16.6. The Labute approximate surface area is 162 Å². The van der Waals surface area contributed by atoms with Gasteiger partial charge in [-0.15, -0.1) is 0 Å². The Balaban J connectivity index is 1.81. The third-order valence-corrected chi connectivity index (χ3v) is 4.17. The molecule has 1 fully saturated rings. The normalized spacial score (nSPS) is 15.8. The number of hydrogen-bond acceptors (Lipinski definition) is 4. The van der Waals surface area contributed by atoms with Crippen molar-refractivity contribution in [1.29, 1.82) is 0 Å². The van der Waals surface area contributed by atoms with E-state index in [9.17, 15) is 4.79 Å². The molecule has 1 amide bonds. The Kier molecular flexibility index (Phi) is 7.47. The maximum atomic E-state index is 12.1. The van der Waals surface area contributed by atoms with Crippen LogP contribution in [0.25, 0.3) is 0 Å². The summed E-state index contributed by atoms with van der Waals surface area (Å²) < 4.78 is 10.8. The number of nitrogens with two attached hydrogens (primary N) is 1.